The van der Waals surface area contributed by atoms with E-state index in [1.54, 1.807) is 18.2 Å². The number of carbonyl (C=O) groups excluding carboxylic acids is 1. The Morgan fingerprint density at radius 3 is 2.20 bits per heavy atom. The normalized spacial score (nSPS) is 9.13. The third-order valence-corrected chi connectivity index (χ3v) is 1.59. The second kappa shape index (κ2) is 4.85. The fourth-order valence-corrected chi connectivity index (χ4v) is 0.977. The Hall–Kier alpha value is -2.24. The maximum absolute atomic E-state index is 10.9. The van der Waals surface area contributed by atoms with E-state index in [0.717, 1.165) is 0 Å². The summed E-state index contributed by atoms with van der Waals surface area (Å²) >= 11 is 0. The highest BCUT2D eigenvalue weighted by Crippen LogP contribution is 2.20. The van der Waals surface area contributed by atoms with Crippen LogP contribution >= 0.6 is 0 Å². The number of para-hydroxylation sites is 2. The summed E-state index contributed by atoms with van der Waals surface area (Å²) in [5.74, 6) is 0. The first-order valence-corrected chi connectivity index (χ1v) is 4.07. The SMILES string of the molecule is COC(=O)Nc1ccccc1NC(=O)O. The Balaban J connectivity index is 2.85. The van der Waals surface area contributed by atoms with Crippen molar-refractivity contribution in [1.29, 1.82) is 0 Å². The summed E-state index contributed by atoms with van der Waals surface area (Å²) in [7, 11) is 1.22. The lowest BCUT2D eigenvalue weighted by Crippen LogP contribution is -2.14. The molecule has 1 rings (SSSR count). The molecular formula is C9H10N2O4. The molecule has 0 radical (unpaired) electrons. The van der Waals surface area contributed by atoms with Crippen molar-refractivity contribution < 1.29 is 19.4 Å². The van der Waals surface area contributed by atoms with Gasteiger partial charge in [-0.25, -0.2) is 9.59 Å². The van der Waals surface area contributed by atoms with Gasteiger partial charge in [0, 0.05) is 0 Å². The summed E-state index contributed by atoms with van der Waals surface area (Å²) in [6.45, 7) is 0. The van der Waals surface area contributed by atoms with Crippen molar-refractivity contribution in [2.45, 2.75) is 0 Å². The molecule has 0 heterocycles. The second-order valence-electron chi connectivity index (χ2n) is 2.59. The topological polar surface area (TPSA) is 87.7 Å². The third-order valence-electron chi connectivity index (χ3n) is 1.59. The minimum absolute atomic E-state index is 0.287. The first kappa shape index (κ1) is 10.8. The maximum Gasteiger partial charge on any atom is 0.411 e. The van der Waals surface area contributed by atoms with Crippen molar-refractivity contribution in [3.8, 4) is 0 Å². The molecule has 0 fully saturated rings. The number of hydrogen-bond acceptors (Lipinski definition) is 3. The molecule has 2 amide bonds. The molecule has 1 aromatic carbocycles. The number of benzene rings is 1. The van der Waals surface area contributed by atoms with E-state index in [4.69, 9.17) is 5.11 Å². The van der Waals surface area contributed by atoms with E-state index in [0.29, 0.717) is 5.69 Å². The van der Waals surface area contributed by atoms with E-state index in [2.05, 4.69) is 15.4 Å². The van der Waals surface area contributed by atoms with Crippen molar-refractivity contribution >= 4 is 23.6 Å². The first-order valence-electron chi connectivity index (χ1n) is 4.07. The highest BCUT2D eigenvalue weighted by atomic mass is 16.5. The van der Waals surface area contributed by atoms with Gasteiger partial charge in [0.05, 0.1) is 18.5 Å². The molecule has 0 saturated carbocycles. The van der Waals surface area contributed by atoms with Crippen LogP contribution in [-0.4, -0.2) is 24.4 Å². The summed E-state index contributed by atoms with van der Waals surface area (Å²) in [6.07, 6.45) is -1.86. The van der Waals surface area contributed by atoms with Gasteiger partial charge in [0.2, 0.25) is 0 Å². The molecule has 6 nitrogen and oxygen atoms in total. The molecule has 3 N–H and O–H groups in total. The van der Waals surface area contributed by atoms with E-state index in [-0.39, 0.29) is 5.69 Å². The predicted octanol–water partition coefficient (Wildman–Crippen LogP) is 1.95. The summed E-state index contributed by atoms with van der Waals surface area (Å²) in [5.41, 5.74) is 0.627. The highest BCUT2D eigenvalue weighted by molar-refractivity contribution is 5.94. The van der Waals surface area contributed by atoms with Crippen LogP contribution in [0.15, 0.2) is 24.3 Å². The van der Waals surface area contributed by atoms with Crippen LogP contribution in [0.5, 0.6) is 0 Å². The molecule has 1 aromatic rings. The van der Waals surface area contributed by atoms with Crippen molar-refractivity contribution in [1.82, 2.24) is 0 Å². The van der Waals surface area contributed by atoms with Crippen LogP contribution in [0.4, 0.5) is 21.0 Å². The lowest BCUT2D eigenvalue weighted by molar-refractivity contribution is 0.187. The Labute approximate surface area is 85.9 Å². The van der Waals surface area contributed by atoms with Gasteiger partial charge < -0.3 is 9.84 Å². The molecule has 0 aromatic heterocycles. The summed E-state index contributed by atoms with van der Waals surface area (Å²) < 4.78 is 4.39. The predicted molar refractivity (Wildman–Crippen MR) is 54.1 cm³/mol. The Bertz CT molecular complexity index is 378. The number of amides is 2. The van der Waals surface area contributed by atoms with Gasteiger partial charge in [-0.3, -0.25) is 10.6 Å². The van der Waals surface area contributed by atoms with Crippen LogP contribution in [0.3, 0.4) is 0 Å². The zero-order valence-electron chi connectivity index (χ0n) is 7.98. The molecule has 0 aliphatic rings. The quantitative estimate of drug-likeness (QED) is 0.696. The van der Waals surface area contributed by atoms with Gasteiger partial charge in [-0.1, -0.05) is 12.1 Å². The van der Waals surface area contributed by atoms with E-state index in [1.807, 2.05) is 0 Å². The van der Waals surface area contributed by atoms with Crippen LogP contribution in [-0.2, 0) is 4.74 Å². The summed E-state index contributed by atoms with van der Waals surface area (Å²) in [6, 6.07) is 6.40. The number of nitrogens with one attached hydrogen (secondary N) is 2. The number of carboxylic acid groups (broad SMARTS) is 1. The first-order chi connectivity index (χ1) is 7.13. The van der Waals surface area contributed by atoms with E-state index < -0.39 is 12.2 Å². The second-order valence-corrected chi connectivity index (χ2v) is 2.59. The van der Waals surface area contributed by atoms with Crippen molar-refractivity contribution in [3.63, 3.8) is 0 Å². The summed E-state index contributed by atoms with van der Waals surface area (Å²) in [5, 5.41) is 13.1. The minimum atomic E-state index is -1.20. The number of carbonyl (C=O) groups is 2. The van der Waals surface area contributed by atoms with Gasteiger partial charge in [-0.2, -0.15) is 0 Å². The maximum atomic E-state index is 10.9. The highest BCUT2D eigenvalue weighted by Gasteiger charge is 2.07. The molecule has 0 spiro atoms. The monoisotopic (exact) mass is 210 g/mol. The number of ether oxygens (including phenoxy) is 1. The van der Waals surface area contributed by atoms with Crippen molar-refractivity contribution in [2.24, 2.45) is 0 Å². The van der Waals surface area contributed by atoms with Crippen molar-refractivity contribution in [2.75, 3.05) is 17.7 Å². The molecule has 0 aliphatic heterocycles. The molecule has 0 bridgehead atoms. The van der Waals surface area contributed by atoms with Crippen LogP contribution < -0.4 is 10.6 Å². The van der Waals surface area contributed by atoms with Crippen LogP contribution in [0.1, 0.15) is 0 Å². The fourth-order valence-electron chi connectivity index (χ4n) is 0.977. The lowest BCUT2D eigenvalue weighted by Gasteiger charge is -2.09. The molecule has 80 valence electrons. The van der Waals surface area contributed by atoms with Gasteiger partial charge in [-0.15, -0.1) is 0 Å². The lowest BCUT2D eigenvalue weighted by atomic mass is 10.2. The number of rotatable bonds is 2. The standard InChI is InChI=1S/C9H10N2O4/c1-15-9(14)11-7-5-3-2-4-6(7)10-8(12)13/h2-5,10H,1H3,(H,11,14)(H,12,13). The van der Waals surface area contributed by atoms with Crippen molar-refractivity contribution in [3.05, 3.63) is 24.3 Å². The minimum Gasteiger partial charge on any atom is -0.465 e. The molecule has 0 aliphatic carbocycles. The Morgan fingerprint density at radius 2 is 1.73 bits per heavy atom. The van der Waals surface area contributed by atoms with Gasteiger partial charge in [-0.05, 0) is 12.1 Å². The number of methoxy groups -OCH3 is 1. The average molecular weight is 210 g/mol. The summed E-state index contributed by atoms with van der Waals surface area (Å²) in [4.78, 5) is 21.3. The number of anilines is 2. The zero-order chi connectivity index (χ0) is 11.3. The van der Waals surface area contributed by atoms with E-state index in [9.17, 15) is 9.59 Å². The zero-order valence-corrected chi connectivity index (χ0v) is 7.98. The van der Waals surface area contributed by atoms with Crippen LogP contribution in [0.2, 0.25) is 0 Å². The largest absolute Gasteiger partial charge is 0.465 e. The molecular weight excluding hydrogens is 200 g/mol. The molecule has 0 saturated heterocycles. The Kier molecular flexibility index (Phi) is 3.50. The van der Waals surface area contributed by atoms with Gasteiger partial charge in [0.15, 0.2) is 0 Å². The average Bonchev–Trinajstić information content (AvgIpc) is 2.20. The molecule has 6 heteroatoms. The molecule has 15 heavy (non-hydrogen) atoms. The number of hydrogen-bond donors (Lipinski definition) is 3. The van der Waals surface area contributed by atoms with Crippen LogP contribution in [0, 0.1) is 0 Å². The van der Waals surface area contributed by atoms with Crippen LogP contribution in [0.25, 0.3) is 0 Å². The van der Waals surface area contributed by atoms with Gasteiger partial charge in [0.25, 0.3) is 0 Å². The van der Waals surface area contributed by atoms with E-state index in [1.165, 1.54) is 13.2 Å². The fraction of sp³-hybridized carbons (Fsp3) is 0.111. The van der Waals surface area contributed by atoms with Gasteiger partial charge in [0.1, 0.15) is 0 Å². The third kappa shape index (κ3) is 3.18. The molecule has 0 atom stereocenters. The van der Waals surface area contributed by atoms with E-state index >= 15 is 0 Å². The Morgan fingerprint density at radius 1 is 1.20 bits per heavy atom. The van der Waals surface area contributed by atoms with Gasteiger partial charge >= 0.3 is 12.2 Å². The smallest absolute Gasteiger partial charge is 0.411 e. The molecule has 0 unspecified atom stereocenters.